The highest BCUT2D eigenvalue weighted by atomic mass is 35.5. The van der Waals surface area contributed by atoms with Gasteiger partial charge in [0.05, 0.1) is 11.9 Å². The maximum atomic E-state index is 6.18. The molecule has 0 saturated heterocycles. The molecule has 0 radical (unpaired) electrons. The fourth-order valence-electron chi connectivity index (χ4n) is 3.41. The molecule has 5 nitrogen and oxygen atoms in total. The van der Waals surface area contributed by atoms with E-state index in [4.69, 9.17) is 27.3 Å². The summed E-state index contributed by atoms with van der Waals surface area (Å²) < 4.78 is 1.83. The average molecular weight is 378 g/mol. The first kappa shape index (κ1) is 17.5. The summed E-state index contributed by atoms with van der Waals surface area (Å²) in [4.78, 5) is 9.66. The summed E-state index contributed by atoms with van der Waals surface area (Å²) in [5.41, 5.74) is 10.9. The number of rotatable bonds is 3. The van der Waals surface area contributed by atoms with Crippen LogP contribution in [0, 0.1) is 6.92 Å². The lowest BCUT2D eigenvalue weighted by Gasteiger charge is -2.24. The Morgan fingerprint density at radius 3 is 2.30 bits per heavy atom. The van der Waals surface area contributed by atoms with E-state index in [1.54, 1.807) is 0 Å². The van der Waals surface area contributed by atoms with Gasteiger partial charge in [-0.1, -0.05) is 41.9 Å². The summed E-state index contributed by atoms with van der Waals surface area (Å²) in [5.74, 6) is 0.450. The van der Waals surface area contributed by atoms with Crippen LogP contribution >= 0.6 is 11.6 Å². The smallest absolute Gasteiger partial charge is 0.207 e. The van der Waals surface area contributed by atoms with Gasteiger partial charge in [0.1, 0.15) is 5.84 Å². The van der Waals surface area contributed by atoms with Crippen LogP contribution in [0.3, 0.4) is 0 Å². The van der Waals surface area contributed by atoms with Gasteiger partial charge in [0.2, 0.25) is 5.66 Å². The number of benzene rings is 2. The molecule has 6 heteroatoms. The maximum absolute atomic E-state index is 6.18. The summed E-state index contributed by atoms with van der Waals surface area (Å²) in [6.07, 6.45) is 1.82. The van der Waals surface area contributed by atoms with Gasteiger partial charge in [-0.15, -0.1) is 0 Å². The summed E-state index contributed by atoms with van der Waals surface area (Å²) in [5, 5.41) is 5.10. The molecule has 136 valence electrons. The minimum absolute atomic E-state index is 0.450. The van der Waals surface area contributed by atoms with E-state index in [1.807, 2.05) is 68.2 Å². The van der Waals surface area contributed by atoms with Crippen LogP contribution in [0.2, 0.25) is 5.02 Å². The van der Waals surface area contributed by atoms with E-state index in [0.717, 1.165) is 33.7 Å². The molecule has 4 rings (SSSR count). The van der Waals surface area contributed by atoms with Crippen molar-refractivity contribution in [2.75, 3.05) is 0 Å². The zero-order valence-corrected chi connectivity index (χ0v) is 16.2. The van der Waals surface area contributed by atoms with Crippen molar-refractivity contribution < 1.29 is 0 Å². The Labute approximate surface area is 163 Å². The van der Waals surface area contributed by atoms with Crippen LogP contribution < -0.4 is 5.73 Å². The SMILES string of the molecule is CC1=NC(c2cccc(-c3cccc(Cl)c3)c2)(c2cnn(C)c2C)N=C1N. The summed E-state index contributed by atoms with van der Waals surface area (Å²) in [7, 11) is 1.91. The molecule has 2 aromatic carbocycles. The number of amidine groups is 1. The molecule has 0 spiro atoms. The van der Waals surface area contributed by atoms with Gasteiger partial charge in [-0.3, -0.25) is 4.68 Å². The Balaban J connectivity index is 1.93. The zero-order valence-electron chi connectivity index (χ0n) is 15.4. The number of halogens is 1. The lowest BCUT2D eigenvalue weighted by molar-refractivity contribution is 0.581. The highest BCUT2D eigenvalue weighted by Crippen LogP contribution is 2.41. The van der Waals surface area contributed by atoms with Gasteiger partial charge in [0.15, 0.2) is 0 Å². The molecule has 2 heterocycles. The van der Waals surface area contributed by atoms with Gasteiger partial charge < -0.3 is 5.73 Å². The molecule has 1 aliphatic heterocycles. The number of hydrogen-bond donors (Lipinski definition) is 1. The van der Waals surface area contributed by atoms with E-state index in [9.17, 15) is 0 Å². The Morgan fingerprint density at radius 1 is 1.00 bits per heavy atom. The third-order valence-corrected chi connectivity index (χ3v) is 5.25. The first-order valence-corrected chi connectivity index (χ1v) is 9.06. The second-order valence-corrected chi connectivity index (χ2v) is 7.16. The van der Waals surface area contributed by atoms with E-state index < -0.39 is 5.66 Å². The molecule has 27 heavy (non-hydrogen) atoms. The number of nitrogens with two attached hydrogens (primary N) is 1. The van der Waals surface area contributed by atoms with Crippen LogP contribution in [0.1, 0.15) is 23.7 Å². The van der Waals surface area contributed by atoms with Crippen LogP contribution in [0.4, 0.5) is 0 Å². The Morgan fingerprint density at radius 2 is 1.70 bits per heavy atom. The van der Waals surface area contributed by atoms with Crippen LogP contribution in [0.5, 0.6) is 0 Å². The third kappa shape index (κ3) is 2.84. The fraction of sp³-hybridized carbons (Fsp3) is 0.190. The van der Waals surface area contributed by atoms with Crippen LogP contribution in [0.25, 0.3) is 11.1 Å². The normalized spacial score (nSPS) is 19.1. The van der Waals surface area contributed by atoms with E-state index in [2.05, 4.69) is 17.2 Å². The first-order chi connectivity index (χ1) is 12.9. The molecule has 1 atom stereocenters. The zero-order chi connectivity index (χ0) is 19.2. The molecular formula is C21H20ClN5. The maximum Gasteiger partial charge on any atom is 0.207 e. The van der Waals surface area contributed by atoms with Crippen molar-refractivity contribution >= 4 is 23.1 Å². The Bertz CT molecular complexity index is 1080. The topological polar surface area (TPSA) is 68.6 Å². The number of nitrogens with zero attached hydrogens (tertiary/aromatic N) is 4. The molecule has 1 aromatic heterocycles. The molecule has 0 bridgehead atoms. The second-order valence-electron chi connectivity index (χ2n) is 6.72. The van der Waals surface area contributed by atoms with Crippen molar-refractivity contribution in [1.82, 2.24) is 9.78 Å². The molecule has 0 aliphatic carbocycles. The minimum atomic E-state index is -0.916. The van der Waals surface area contributed by atoms with E-state index in [-0.39, 0.29) is 0 Å². The van der Waals surface area contributed by atoms with Gasteiger partial charge in [-0.25, -0.2) is 9.98 Å². The fourth-order valence-corrected chi connectivity index (χ4v) is 3.60. The number of aromatic nitrogens is 2. The van der Waals surface area contributed by atoms with Crippen molar-refractivity contribution in [2.45, 2.75) is 19.5 Å². The van der Waals surface area contributed by atoms with Gasteiger partial charge >= 0.3 is 0 Å². The molecule has 1 aliphatic rings. The van der Waals surface area contributed by atoms with Gasteiger partial charge in [-0.2, -0.15) is 5.10 Å². The third-order valence-electron chi connectivity index (χ3n) is 5.02. The second kappa shape index (κ2) is 6.35. The molecule has 0 amide bonds. The van der Waals surface area contributed by atoms with Crippen molar-refractivity contribution in [3.8, 4) is 11.1 Å². The first-order valence-electron chi connectivity index (χ1n) is 8.68. The number of hydrogen-bond acceptors (Lipinski definition) is 4. The molecule has 3 aromatic rings. The Kier molecular flexibility index (Phi) is 4.12. The minimum Gasteiger partial charge on any atom is -0.382 e. The molecular weight excluding hydrogens is 358 g/mol. The quantitative estimate of drug-likeness (QED) is 0.747. The summed E-state index contributed by atoms with van der Waals surface area (Å²) >= 11 is 6.18. The van der Waals surface area contributed by atoms with E-state index in [0.29, 0.717) is 10.9 Å². The molecule has 0 saturated carbocycles. The number of aryl methyl sites for hydroxylation is 1. The van der Waals surface area contributed by atoms with Gasteiger partial charge in [-0.05, 0) is 43.2 Å². The van der Waals surface area contributed by atoms with E-state index >= 15 is 0 Å². The average Bonchev–Trinajstić information content (AvgIpc) is 3.15. The lowest BCUT2D eigenvalue weighted by Crippen LogP contribution is -2.23. The van der Waals surface area contributed by atoms with Gasteiger partial charge in [0, 0.05) is 28.9 Å². The predicted molar refractivity (Wildman–Crippen MR) is 110 cm³/mol. The summed E-state index contributed by atoms with van der Waals surface area (Å²) in [6, 6.07) is 16.0. The molecule has 1 unspecified atom stereocenters. The monoisotopic (exact) mass is 377 g/mol. The largest absolute Gasteiger partial charge is 0.382 e. The van der Waals surface area contributed by atoms with Crippen LogP contribution in [-0.2, 0) is 12.7 Å². The summed E-state index contributed by atoms with van der Waals surface area (Å²) in [6.45, 7) is 3.90. The Hall–Kier alpha value is -2.92. The predicted octanol–water partition coefficient (Wildman–Crippen LogP) is 4.08. The highest BCUT2D eigenvalue weighted by molar-refractivity contribution is 6.41. The van der Waals surface area contributed by atoms with E-state index in [1.165, 1.54) is 0 Å². The van der Waals surface area contributed by atoms with Gasteiger partial charge in [0.25, 0.3) is 0 Å². The van der Waals surface area contributed by atoms with Crippen molar-refractivity contribution in [3.63, 3.8) is 0 Å². The number of aliphatic imine (C=N–C) groups is 2. The van der Waals surface area contributed by atoms with Crippen molar-refractivity contribution in [1.29, 1.82) is 0 Å². The molecule has 0 fully saturated rings. The standard InChI is InChI=1S/C21H20ClN5/c1-13-20(23)26-21(25-13,19-12-24-27(3)14(19)2)17-8-4-6-15(10-17)16-7-5-9-18(22)11-16/h4-12H,1-3H3,(H2,23,26). The molecule has 2 N–H and O–H groups in total. The van der Waals surface area contributed by atoms with Crippen LogP contribution in [0.15, 0.2) is 64.7 Å². The van der Waals surface area contributed by atoms with Crippen molar-refractivity contribution in [3.05, 3.63) is 76.6 Å². The lowest BCUT2D eigenvalue weighted by atomic mass is 9.90. The highest BCUT2D eigenvalue weighted by Gasteiger charge is 2.40. The van der Waals surface area contributed by atoms with Crippen molar-refractivity contribution in [2.24, 2.45) is 22.8 Å². The van der Waals surface area contributed by atoms with Crippen LogP contribution in [-0.4, -0.2) is 21.3 Å².